The van der Waals surface area contributed by atoms with Crippen molar-refractivity contribution in [2.45, 2.75) is 26.7 Å². The Hall–Kier alpha value is -0.570. The van der Waals surface area contributed by atoms with Gasteiger partial charge in [-0.05, 0) is 12.8 Å². The van der Waals surface area contributed by atoms with Gasteiger partial charge in [-0.2, -0.15) is 0 Å². The lowest BCUT2D eigenvalue weighted by Crippen LogP contribution is -2.34. The summed E-state index contributed by atoms with van der Waals surface area (Å²) in [6.45, 7) is 5.20. The second-order valence-corrected chi connectivity index (χ2v) is 2.54. The summed E-state index contributed by atoms with van der Waals surface area (Å²) in [5, 5.41) is 8.57. The first-order chi connectivity index (χ1) is 5.26. The van der Waals surface area contributed by atoms with E-state index in [0.717, 1.165) is 25.9 Å². The van der Waals surface area contributed by atoms with Crippen molar-refractivity contribution in [2.24, 2.45) is 0 Å². The van der Waals surface area contributed by atoms with Crippen LogP contribution in [0.25, 0.3) is 0 Å². The van der Waals surface area contributed by atoms with Crippen molar-refractivity contribution in [2.75, 3.05) is 19.7 Å². The van der Waals surface area contributed by atoms with Gasteiger partial charge in [-0.25, -0.2) is 0 Å². The normalized spacial score (nSPS) is 9.73. The summed E-state index contributed by atoms with van der Waals surface area (Å²) in [6, 6.07) is 0. The highest BCUT2D eigenvalue weighted by molar-refractivity contribution is 5.77. The lowest BCUT2D eigenvalue weighted by atomic mass is 10.3. The second-order valence-electron chi connectivity index (χ2n) is 2.54. The van der Waals surface area contributed by atoms with Crippen molar-refractivity contribution in [3.63, 3.8) is 0 Å². The Morgan fingerprint density at radius 1 is 1.27 bits per heavy atom. The summed E-state index contributed by atoms with van der Waals surface area (Å²) in [6.07, 6.45) is 1.90. The van der Waals surface area contributed by atoms with Gasteiger partial charge in [0.2, 0.25) is 5.91 Å². The van der Waals surface area contributed by atoms with E-state index in [0.29, 0.717) is 0 Å². The molecule has 0 aliphatic heterocycles. The third-order valence-corrected chi connectivity index (χ3v) is 1.48. The molecule has 0 atom stereocenters. The number of nitrogens with zero attached hydrogens (tertiary/aromatic N) is 1. The number of aliphatic hydroxyl groups is 1. The molecule has 0 radical (unpaired) electrons. The van der Waals surface area contributed by atoms with Gasteiger partial charge in [-0.1, -0.05) is 13.8 Å². The molecule has 0 rings (SSSR count). The highest BCUT2D eigenvalue weighted by atomic mass is 16.3. The molecule has 0 saturated carbocycles. The molecule has 3 nitrogen and oxygen atoms in total. The lowest BCUT2D eigenvalue weighted by molar-refractivity contribution is -0.134. The van der Waals surface area contributed by atoms with Gasteiger partial charge in [0.15, 0.2) is 0 Å². The molecule has 0 aromatic rings. The van der Waals surface area contributed by atoms with Crippen molar-refractivity contribution in [3.05, 3.63) is 0 Å². The zero-order chi connectivity index (χ0) is 8.69. The molecule has 1 N–H and O–H groups in total. The van der Waals surface area contributed by atoms with Gasteiger partial charge in [-0.15, -0.1) is 0 Å². The van der Waals surface area contributed by atoms with E-state index in [1.54, 1.807) is 4.90 Å². The smallest absolute Gasteiger partial charge is 0.248 e. The van der Waals surface area contributed by atoms with E-state index in [1.165, 1.54) is 0 Å². The fraction of sp³-hybridized carbons (Fsp3) is 0.875. The van der Waals surface area contributed by atoms with Crippen LogP contribution in [-0.2, 0) is 4.79 Å². The molecule has 0 bridgehead atoms. The zero-order valence-corrected chi connectivity index (χ0v) is 7.34. The summed E-state index contributed by atoms with van der Waals surface area (Å²) in [7, 11) is 0. The Kier molecular flexibility index (Phi) is 5.84. The molecule has 0 fully saturated rings. The highest BCUT2D eigenvalue weighted by Crippen LogP contribution is 1.94. The summed E-state index contributed by atoms with van der Waals surface area (Å²) in [5.74, 6) is -0.159. The Morgan fingerprint density at radius 3 is 2.00 bits per heavy atom. The van der Waals surface area contributed by atoms with E-state index < -0.39 is 0 Å². The van der Waals surface area contributed by atoms with Gasteiger partial charge in [0, 0.05) is 13.1 Å². The monoisotopic (exact) mass is 159 g/mol. The molecule has 11 heavy (non-hydrogen) atoms. The van der Waals surface area contributed by atoms with Crippen LogP contribution in [-0.4, -0.2) is 35.6 Å². The fourth-order valence-electron chi connectivity index (χ4n) is 1.00. The summed E-state index contributed by atoms with van der Waals surface area (Å²) in [5.41, 5.74) is 0. The maximum absolute atomic E-state index is 11.0. The molecular weight excluding hydrogens is 142 g/mol. The Morgan fingerprint density at radius 2 is 1.73 bits per heavy atom. The third kappa shape index (κ3) is 3.98. The number of hydrogen-bond acceptors (Lipinski definition) is 2. The van der Waals surface area contributed by atoms with Crippen LogP contribution < -0.4 is 0 Å². The van der Waals surface area contributed by atoms with Crippen LogP contribution in [0.3, 0.4) is 0 Å². The van der Waals surface area contributed by atoms with Gasteiger partial charge >= 0.3 is 0 Å². The van der Waals surface area contributed by atoms with Crippen molar-refractivity contribution in [1.82, 2.24) is 4.90 Å². The molecule has 0 unspecified atom stereocenters. The average Bonchev–Trinajstić information content (AvgIpc) is 2.03. The first-order valence-corrected chi connectivity index (χ1v) is 4.14. The number of carbonyl (C=O) groups is 1. The Bertz CT molecular complexity index is 109. The van der Waals surface area contributed by atoms with E-state index in [-0.39, 0.29) is 12.5 Å². The van der Waals surface area contributed by atoms with E-state index in [1.807, 2.05) is 13.8 Å². The van der Waals surface area contributed by atoms with E-state index in [4.69, 9.17) is 5.11 Å². The molecule has 0 aromatic heterocycles. The molecule has 0 aliphatic rings. The number of hydrogen-bond donors (Lipinski definition) is 1. The van der Waals surface area contributed by atoms with E-state index in [2.05, 4.69) is 0 Å². The molecule has 3 heteroatoms. The molecule has 0 spiro atoms. The first-order valence-electron chi connectivity index (χ1n) is 4.14. The van der Waals surface area contributed by atoms with Crippen LogP contribution in [0.2, 0.25) is 0 Å². The maximum Gasteiger partial charge on any atom is 0.248 e. The van der Waals surface area contributed by atoms with Gasteiger partial charge < -0.3 is 10.0 Å². The summed E-state index contributed by atoms with van der Waals surface area (Å²) < 4.78 is 0. The largest absolute Gasteiger partial charge is 0.387 e. The molecule has 66 valence electrons. The Labute approximate surface area is 68.0 Å². The molecule has 0 aliphatic carbocycles. The Balaban J connectivity index is 3.76. The zero-order valence-electron chi connectivity index (χ0n) is 7.34. The quantitative estimate of drug-likeness (QED) is 0.639. The molecule has 0 heterocycles. The summed E-state index contributed by atoms with van der Waals surface area (Å²) in [4.78, 5) is 12.7. The summed E-state index contributed by atoms with van der Waals surface area (Å²) >= 11 is 0. The lowest BCUT2D eigenvalue weighted by Gasteiger charge is -2.19. The van der Waals surface area contributed by atoms with E-state index >= 15 is 0 Å². The minimum absolute atomic E-state index is 0.159. The predicted molar refractivity (Wildman–Crippen MR) is 44.2 cm³/mol. The van der Waals surface area contributed by atoms with Crippen molar-refractivity contribution in [3.8, 4) is 0 Å². The third-order valence-electron chi connectivity index (χ3n) is 1.48. The number of carbonyl (C=O) groups excluding carboxylic acids is 1. The average molecular weight is 159 g/mol. The minimum Gasteiger partial charge on any atom is -0.387 e. The van der Waals surface area contributed by atoms with Crippen LogP contribution in [0, 0.1) is 0 Å². The standard InChI is InChI=1S/C8H17NO2/c1-3-5-9(6-4-2)8(11)7-10/h10H,3-7H2,1-2H3. The first kappa shape index (κ1) is 10.4. The van der Waals surface area contributed by atoms with Crippen molar-refractivity contribution >= 4 is 5.91 Å². The van der Waals surface area contributed by atoms with Gasteiger partial charge in [0.1, 0.15) is 6.61 Å². The van der Waals surface area contributed by atoms with Crippen molar-refractivity contribution < 1.29 is 9.90 Å². The number of aliphatic hydroxyl groups excluding tert-OH is 1. The molecule has 0 saturated heterocycles. The highest BCUT2D eigenvalue weighted by Gasteiger charge is 2.08. The minimum atomic E-state index is -0.361. The molecule has 1 amide bonds. The van der Waals surface area contributed by atoms with Crippen LogP contribution in [0.4, 0.5) is 0 Å². The van der Waals surface area contributed by atoms with Crippen LogP contribution in [0.5, 0.6) is 0 Å². The van der Waals surface area contributed by atoms with Gasteiger partial charge in [0.25, 0.3) is 0 Å². The topological polar surface area (TPSA) is 40.5 Å². The van der Waals surface area contributed by atoms with Gasteiger partial charge in [0.05, 0.1) is 0 Å². The van der Waals surface area contributed by atoms with Crippen LogP contribution in [0.1, 0.15) is 26.7 Å². The van der Waals surface area contributed by atoms with Gasteiger partial charge in [-0.3, -0.25) is 4.79 Å². The molecular formula is C8H17NO2. The fourth-order valence-corrected chi connectivity index (χ4v) is 1.00. The van der Waals surface area contributed by atoms with Crippen LogP contribution >= 0.6 is 0 Å². The van der Waals surface area contributed by atoms with Crippen LogP contribution in [0.15, 0.2) is 0 Å². The second kappa shape index (κ2) is 6.16. The predicted octanol–water partition coefficient (Wildman–Crippen LogP) is 0.627. The number of rotatable bonds is 5. The van der Waals surface area contributed by atoms with E-state index in [9.17, 15) is 4.79 Å². The maximum atomic E-state index is 11.0. The van der Waals surface area contributed by atoms with Crippen molar-refractivity contribution in [1.29, 1.82) is 0 Å². The molecule has 0 aromatic carbocycles. The SMILES string of the molecule is CCCN(CCC)C(=O)CO. The number of amides is 1.